The van der Waals surface area contributed by atoms with Crippen molar-refractivity contribution in [2.45, 2.75) is 0 Å². The van der Waals surface area contributed by atoms with Crippen LogP contribution in [0.5, 0.6) is 0 Å². The molecular weight excluding hydrogens is 350 g/mol. The summed E-state index contributed by atoms with van der Waals surface area (Å²) in [5.74, 6) is -0.531. The summed E-state index contributed by atoms with van der Waals surface area (Å²) < 4.78 is 0. The molecule has 1 aromatic heterocycles. The molecule has 0 bridgehead atoms. The van der Waals surface area contributed by atoms with Crippen LogP contribution in [0.4, 0.5) is 10.8 Å². The Labute approximate surface area is 153 Å². The van der Waals surface area contributed by atoms with E-state index in [0.29, 0.717) is 5.13 Å². The van der Waals surface area contributed by atoms with E-state index in [0.717, 1.165) is 16.9 Å². The summed E-state index contributed by atoms with van der Waals surface area (Å²) in [5, 5.41) is 12.0. The number of thiazole rings is 1. The van der Waals surface area contributed by atoms with Gasteiger partial charge in [0, 0.05) is 10.9 Å². The average Bonchev–Trinajstić information content (AvgIpc) is 3.31. The zero-order valence-corrected chi connectivity index (χ0v) is 14.3. The fourth-order valence-corrected chi connectivity index (χ4v) is 2.99. The van der Waals surface area contributed by atoms with Gasteiger partial charge < -0.3 is 4.84 Å². The number of hydrazine groups is 1. The van der Waals surface area contributed by atoms with Crippen LogP contribution in [-0.2, 0) is 9.63 Å². The second-order valence-corrected chi connectivity index (χ2v) is 6.10. The fraction of sp³-hybridized carbons (Fsp3) is 0. The van der Waals surface area contributed by atoms with E-state index in [9.17, 15) is 4.79 Å². The molecule has 0 amide bonds. The van der Waals surface area contributed by atoms with Crippen LogP contribution in [0.1, 0.15) is 0 Å². The van der Waals surface area contributed by atoms with Crippen molar-refractivity contribution in [3.05, 3.63) is 77.9 Å². The minimum absolute atomic E-state index is 0.236. The van der Waals surface area contributed by atoms with Gasteiger partial charge in [-0.05, 0) is 12.1 Å². The molecule has 2 heterocycles. The van der Waals surface area contributed by atoms with Gasteiger partial charge in [-0.25, -0.2) is 14.8 Å². The maximum Gasteiger partial charge on any atom is 0.378 e. The van der Waals surface area contributed by atoms with Crippen LogP contribution < -0.4 is 10.6 Å². The van der Waals surface area contributed by atoms with Crippen LogP contribution in [-0.4, -0.2) is 11.0 Å². The lowest BCUT2D eigenvalue weighted by molar-refractivity contribution is -0.140. The number of hydrogen-bond donors (Lipinski definition) is 1. The highest BCUT2D eigenvalue weighted by atomic mass is 32.1. The summed E-state index contributed by atoms with van der Waals surface area (Å²) in [6.45, 7) is 0. The molecule has 0 unspecified atom stereocenters. The second-order valence-electron chi connectivity index (χ2n) is 5.26. The lowest BCUT2D eigenvalue weighted by atomic mass is 10.2. The topological polar surface area (TPSA) is 79.2 Å². The molecule has 1 N–H and O–H groups in total. The third-order valence-electron chi connectivity index (χ3n) is 3.58. The van der Waals surface area contributed by atoms with E-state index in [1.807, 2.05) is 66.0 Å². The number of nitrogens with zero attached hydrogens (tertiary/aromatic N) is 4. The molecule has 4 rings (SSSR count). The molecule has 8 heteroatoms. The van der Waals surface area contributed by atoms with Crippen LogP contribution in [0, 0.1) is 0 Å². The molecular formula is C18H13N5O2S. The Hall–Kier alpha value is -3.36. The van der Waals surface area contributed by atoms with Crippen LogP contribution in [0.15, 0.2) is 88.2 Å². The number of azo groups is 1. The molecule has 0 aliphatic carbocycles. The number of carbonyl (C=O) groups is 1. The summed E-state index contributed by atoms with van der Waals surface area (Å²) in [7, 11) is 0. The molecule has 0 saturated carbocycles. The highest BCUT2D eigenvalue weighted by Gasteiger charge is 2.29. The standard InChI is InChI=1S/C18H13N5O2S/c24-17-16(23(22-25-17)14-9-5-2-6-10-14)11-19-21-18-20-15(12-26-18)13-7-3-1-4-8-13/h1-12,22H. The van der Waals surface area contributed by atoms with Gasteiger partial charge >= 0.3 is 5.97 Å². The number of rotatable bonds is 4. The molecule has 0 radical (unpaired) electrons. The third-order valence-corrected chi connectivity index (χ3v) is 4.30. The highest BCUT2D eigenvalue weighted by Crippen LogP contribution is 2.27. The normalized spacial score (nSPS) is 15.8. The Morgan fingerprint density at radius 2 is 1.81 bits per heavy atom. The van der Waals surface area contributed by atoms with E-state index < -0.39 is 5.97 Å². The van der Waals surface area contributed by atoms with Crippen molar-refractivity contribution in [2.75, 3.05) is 5.01 Å². The van der Waals surface area contributed by atoms with Crippen LogP contribution in [0.25, 0.3) is 11.3 Å². The monoisotopic (exact) mass is 363 g/mol. The molecule has 128 valence electrons. The number of hydrogen-bond acceptors (Lipinski definition) is 8. The first-order valence-corrected chi connectivity index (χ1v) is 8.63. The van der Waals surface area contributed by atoms with Crippen molar-refractivity contribution < 1.29 is 9.63 Å². The van der Waals surface area contributed by atoms with Gasteiger partial charge in [0.2, 0.25) is 5.13 Å². The number of anilines is 1. The van der Waals surface area contributed by atoms with E-state index in [2.05, 4.69) is 20.8 Å². The van der Waals surface area contributed by atoms with Crippen molar-refractivity contribution in [2.24, 2.45) is 10.2 Å². The Balaban J connectivity index is 1.53. The maximum absolute atomic E-state index is 11.9. The van der Waals surface area contributed by atoms with Gasteiger partial charge in [-0.1, -0.05) is 54.1 Å². The van der Waals surface area contributed by atoms with Crippen molar-refractivity contribution in [1.82, 2.24) is 10.6 Å². The van der Waals surface area contributed by atoms with Gasteiger partial charge in [-0.2, -0.15) is 5.11 Å². The van der Waals surface area contributed by atoms with E-state index in [1.54, 1.807) is 0 Å². The number of benzene rings is 2. The summed E-state index contributed by atoms with van der Waals surface area (Å²) in [6, 6.07) is 19.1. The lowest BCUT2D eigenvalue weighted by Gasteiger charge is -2.14. The molecule has 1 saturated heterocycles. The zero-order chi connectivity index (χ0) is 17.8. The van der Waals surface area contributed by atoms with Crippen molar-refractivity contribution in [3.8, 4) is 11.3 Å². The summed E-state index contributed by atoms with van der Waals surface area (Å²) >= 11 is 1.38. The fourth-order valence-electron chi connectivity index (χ4n) is 2.34. The lowest BCUT2D eigenvalue weighted by Crippen LogP contribution is -2.28. The molecule has 1 aliphatic heterocycles. The van der Waals surface area contributed by atoms with E-state index in [4.69, 9.17) is 4.84 Å². The molecule has 1 aliphatic rings. The SMILES string of the molecule is O=C1ONN(c2ccccc2)C1=CN=Nc1nc(-c2ccccc2)cs1. The molecule has 0 spiro atoms. The molecule has 2 aromatic carbocycles. The quantitative estimate of drug-likeness (QED) is 0.555. The van der Waals surface area contributed by atoms with Gasteiger partial charge in [-0.3, -0.25) is 0 Å². The van der Waals surface area contributed by atoms with E-state index >= 15 is 0 Å². The predicted molar refractivity (Wildman–Crippen MR) is 98.3 cm³/mol. The summed E-state index contributed by atoms with van der Waals surface area (Å²) in [4.78, 5) is 21.2. The first kappa shape index (κ1) is 16.1. The summed E-state index contributed by atoms with van der Waals surface area (Å²) in [6.07, 6.45) is 1.35. The number of nitrogens with one attached hydrogen (secondary N) is 1. The van der Waals surface area contributed by atoms with E-state index in [1.165, 1.54) is 22.5 Å². The molecule has 26 heavy (non-hydrogen) atoms. The third kappa shape index (κ3) is 3.37. The Morgan fingerprint density at radius 3 is 2.58 bits per heavy atom. The molecule has 0 atom stereocenters. The Morgan fingerprint density at radius 1 is 1.08 bits per heavy atom. The average molecular weight is 363 g/mol. The minimum Gasteiger partial charge on any atom is -0.345 e. The smallest absolute Gasteiger partial charge is 0.345 e. The minimum atomic E-state index is -0.531. The van der Waals surface area contributed by atoms with E-state index in [-0.39, 0.29) is 5.70 Å². The van der Waals surface area contributed by atoms with Crippen LogP contribution >= 0.6 is 11.3 Å². The van der Waals surface area contributed by atoms with Crippen molar-refractivity contribution in [3.63, 3.8) is 0 Å². The van der Waals surface area contributed by atoms with Crippen LogP contribution in [0.3, 0.4) is 0 Å². The first-order valence-electron chi connectivity index (χ1n) is 7.75. The maximum atomic E-state index is 11.9. The molecule has 3 aromatic rings. The van der Waals surface area contributed by atoms with Crippen molar-refractivity contribution >= 4 is 28.1 Å². The van der Waals surface area contributed by atoms with Gasteiger partial charge in [0.15, 0.2) is 5.70 Å². The number of carbonyl (C=O) groups excluding carboxylic acids is 1. The van der Waals surface area contributed by atoms with Gasteiger partial charge in [0.25, 0.3) is 0 Å². The second kappa shape index (κ2) is 7.26. The molecule has 7 nitrogen and oxygen atoms in total. The zero-order valence-electron chi connectivity index (χ0n) is 13.4. The highest BCUT2D eigenvalue weighted by molar-refractivity contribution is 7.13. The number of para-hydroxylation sites is 1. The molecule has 1 fully saturated rings. The predicted octanol–water partition coefficient (Wildman–Crippen LogP) is 4.22. The van der Waals surface area contributed by atoms with Crippen LogP contribution in [0.2, 0.25) is 0 Å². The largest absolute Gasteiger partial charge is 0.378 e. The van der Waals surface area contributed by atoms with Gasteiger partial charge in [0.1, 0.15) is 0 Å². The van der Waals surface area contributed by atoms with Gasteiger partial charge in [0.05, 0.1) is 17.6 Å². The van der Waals surface area contributed by atoms with Gasteiger partial charge in [-0.15, -0.1) is 16.5 Å². The Kier molecular flexibility index (Phi) is 4.50. The number of aromatic nitrogens is 1. The van der Waals surface area contributed by atoms with Crippen molar-refractivity contribution in [1.29, 1.82) is 0 Å². The Bertz CT molecular complexity index is 970. The summed E-state index contributed by atoms with van der Waals surface area (Å²) in [5.41, 5.74) is 5.39. The first-order chi connectivity index (χ1) is 12.8.